The number of aliphatic carboxylic acids is 1. The fourth-order valence-corrected chi connectivity index (χ4v) is 2.19. The van der Waals surface area contributed by atoms with E-state index in [0.717, 1.165) is 0 Å². The standard InChI is InChI=1S/C14H17Cl2NO4/c1-8(2)6-11(14(19)20)17-12(18)7-21-13-9(15)4-3-5-10(13)16/h3-5,8,11H,6-7H2,1-2H3,(H,17,18)(H,19,20)/t11-/m1/s1. The maximum atomic E-state index is 11.7. The van der Waals surface area contributed by atoms with E-state index in [-0.39, 0.29) is 28.3 Å². The maximum Gasteiger partial charge on any atom is 0.326 e. The van der Waals surface area contributed by atoms with Crippen LogP contribution in [0.5, 0.6) is 5.75 Å². The number of carboxylic acids is 1. The summed E-state index contributed by atoms with van der Waals surface area (Å²) in [6, 6.07) is 3.88. The second kappa shape index (κ2) is 8.10. The van der Waals surface area contributed by atoms with Crippen molar-refractivity contribution in [2.75, 3.05) is 6.61 Å². The van der Waals surface area contributed by atoms with E-state index in [4.69, 9.17) is 33.0 Å². The van der Waals surface area contributed by atoms with Crippen molar-refractivity contribution in [3.8, 4) is 5.75 Å². The second-order valence-electron chi connectivity index (χ2n) is 4.93. The van der Waals surface area contributed by atoms with Gasteiger partial charge in [0.05, 0.1) is 10.0 Å². The molecular formula is C14H17Cl2NO4. The molecule has 0 spiro atoms. The summed E-state index contributed by atoms with van der Waals surface area (Å²) < 4.78 is 5.25. The van der Waals surface area contributed by atoms with Gasteiger partial charge in [-0.3, -0.25) is 4.79 Å². The quantitative estimate of drug-likeness (QED) is 0.804. The van der Waals surface area contributed by atoms with Gasteiger partial charge in [-0.15, -0.1) is 0 Å². The number of carboxylic acid groups (broad SMARTS) is 1. The minimum atomic E-state index is -1.08. The van der Waals surface area contributed by atoms with Gasteiger partial charge in [-0.1, -0.05) is 43.1 Å². The lowest BCUT2D eigenvalue weighted by molar-refractivity contribution is -0.142. The van der Waals surface area contributed by atoms with Crippen LogP contribution < -0.4 is 10.1 Å². The molecule has 0 aromatic heterocycles. The number of carbonyl (C=O) groups excluding carboxylic acids is 1. The van der Waals surface area contributed by atoms with Crippen LogP contribution in [0.15, 0.2) is 18.2 Å². The first-order valence-electron chi connectivity index (χ1n) is 6.40. The normalized spacial score (nSPS) is 12.0. The number of nitrogens with one attached hydrogen (secondary N) is 1. The maximum absolute atomic E-state index is 11.7. The van der Waals surface area contributed by atoms with Crippen LogP contribution in [0.25, 0.3) is 0 Å². The van der Waals surface area contributed by atoms with Crippen LogP contribution in [0.1, 0.15) is 20.3 Å². The highest BCUT2D eigenvalue weighted by molar-refractivity contribution is 6.37. The molecule has 0 bridgehead atoms. The lowest BCUT2D eigenvalue weighted by Gasteiger charge is -2.17. The Morgan fingerprint density at radius 3 is 2.33 bits per heavy atom. The molecule has 0 aliphatic carbocycles. The third-order valence-electron chi connectivity index (χ3n) is 2.61. The Kier molecular flexibility index (Phi) is 6.78. The van der Waals surface area contributed by atoms with Crippen molar-refractivity contribution >= 4 is 35.1 Å². The molecule has 5 nitrogen and oxygen atoms in total. The first-order valence-corrected chi connectivity index (χ1v) is 7.15. The number of rotatable bonds is 7. The fraction of sp³-hybridized carbons (Fsp3) is 0.429. The average Bonchev–Trinajstić information content (AvgIpc) is 2.36. The number of benzene rings is 1. The van der Waals surface area contributed by atoms with Gasteiger partial charge in [0.1, 0.15) is 6.04 Å². The molecule has 2 N–H and O–H groups in total. The van der Waals surface area contributed by atoms with E-state index < -0.39 is 17.9 Å². The minimum Gasteiger partial charge on any atom is -0.481 e. The van der Waals surface area contributed by atoms with E-state index in [9.17, 15) is 9.59 Å². The van der Waals surface area contributed by atoms with E-state index in [1.165, 1.54) is 0 Å². The van der Waals surface area contributed by atoms with E-state index in [1.54, 1.807) is 18.2 Å². The zero-order valence-electron chi connectivity index (χ0n) is 11.7. The molecule has 0 aliphatic heterocycles. The molecule has 0 heterocycles. The van der Waals surface area contributed by atoms with Gasteiger partial charge in [0.15, 0.2) is 12.4 Å². The predicted molar refractivity (Wildman–Crippen MR) is 81.0 cm³/mol. The molecule has 21 heavy (non-hydrogen) atoms. The second-order valence-corrected chi connectivity index (χ2v) is 5.74. The molecule has 0 unspecified atom stereocenters. The summed E-state index contributed by atoms with van der Waals surface area (Å²) in [5.74, 6) is -1.27. The number of amides is 1. The smallest absolute Gasteiger partial charge is 0.326 e. The Morgan fingerprint density at radius 2 is 1.86 bits per heavy atom. The van der Waals surface area contributed by atoms with E-state index in [0.29, 0.717) is 6.42 Å². The first-order chi connectivity index (χ1) is 9.81. The highest BCUT2D eigenvalue weighted by Crippen LogP contribution is 2.32. The van der Waals surface area contributed by atoms with Crippen LogP contribution in [0.3, 0.4) is 0 Å². The molecule has 1 rings (SSSR count). The summed E-state index contributed by atoms with van der Waals surface area (Å²) in [5, 5.41) is 12.0. The van der Waals surface area contributed by atoms with Gasteiger partial charge in [0.25, 0.3) is 5.91 Å². The molecular weight excluding hydrogens is 317 g/mol. The molecule has 1 amide bonds. The first kappa shape index (κ1) is 17.6. The van der Waals surface area contributed by atoms with Gasteiger partial charge in [0, 0.05) is 0 Å². The van der Waals surface area contributed by atoms with Crippen molar-refractivity contribution in [1.82, 2.24) is 5.32 Å². The van der Waals surface area contributed by atoms with Crippen molar-refractivity contribution < 1.29 is 19.4 Å². The third-order valence-corrected chi connectivity index (χ3v) is 3.20. The number of hydrogen-bond acceptors (Lipinski definition) is 3. The molecule has 1 aromatic carbocycles. The number of halogens is 2. The summed E-state index contributed by atoms with van der Waals surface area (Å²) >= 11 is 11.8. The van der Waals surface area contributed by atoms with Crippen molar-refractivity contribution in [1.29, 1.82) is 0 Å². The van der Waals surface area contributed by atoms with E-state index >= 15 is 0 Å². The fourth-order valence-electron chi connectivity index (χ4n) is 1.69. The van der Waals surface area contributed by atoms with Gasteiger partial charge in [0.2, 0.25) is 0 Å². The summed E-state index contributed by atoms with van der Waals surface area (Å²) in [5.41, 5.74) is 0. The predicted octanol–water partition coefficient (Wildman–Crippen LogP) is 2.99. The molecule has 0 radical (unpaired) electrons. The summed E-state index contributed by atoms with van der Waals surface area (Å²) in [6.07, 6.45) is 0.341. The Bertz CT molecular complexity index is 499. The molecule has 1 aromatic rings. The van der Waals surface area contributed by atoms with Crippen LogP contribution in [-0.2, 0) is 9.59 Å². The van der Waals surface area contributed by atoms with Gasteiger partial charge in [-0.25, -0.2) is 4.79 Å². The van der Waals surface area contributed by atoms with Crippen LogP contribution in [0, 0.1) is 5.92 Å². The van der Waals surface area contributed by atoms with Gasteiger partial charge in [-0.05, 0) is 24.5 Å². The van der Waals surface area contributed by atoms with E-state index in [2.05, 4.69) is 5.32 Å². The molecule has 0 fully saturated rings. The number of ether oxygens (including phenoxy) is 1. The van der Waals surface area contributed by atoms with Crippen LogP contribution >= 0.6 is 23.2 Å². The Labute approximate surface area is 133 Å². The van der Waals surface area contributed by atoms with Gasteiger partial charge < -0.3 is 15.2 Å². The lowest BCUT2D eigenvalue weighted by atomic mass is 10.0. The molecule has 1 atom stereocenters. The molecule has 7 heteroatoms. The zero-order valence-corrected chi connectivity index (χ0v) is 13.2. The van der Waals surface area contributed by atoms with Gasteiger partial charge in [-0.2, -0.15) is 0 Å². The summed E-state index contributed by atoms with van der Waals surface area (Å²) in [4.78, 5) is 22.8. The highest BCUT2D eigenvalue weighted by Gasteiger charge is 2.21. The Balaban J connectivity index is 2.59. The van der Waals surface area contributed by atoms with E-state index in [1.807, 2.05) is 13.8 Å². The highest BCUT2D eigenvalue weighted by atomic mass is 35.5. The van der Waals surface area contributed by atoms with Crippen LogP contribution in [0.2, 0.25) is 10.0 Å². The SMILES string of the molecule is CC(C)C[C@@H](NC(=O)COc1c(Cl)cccc1Cl)C(=O)O. The monoisotopic (exact) mass is 333 g/mol. The lowest BCUT2D eigenvalue weighted by Crippen LogP contribution is -2.43. The summed E-state index contributed by atoms with van der Waals surface area (Å²) in [7, 11) is 0. The Morgan fingerprint density at radius 1 is 1.29 bits per heavy atom. The van der Waals surface area contributed by atoms with Gasteiger partial charge >= 0.3 is 5.97 Å². The number of carbonyl (C=O) groups is 2. The summed E-state index contributed by atoms with van der Waals surface area (Å²) in [6.45, 7) is 3.40. The minimum absolute atomic E-state index is 0.144. The topological polar surface area (TPSA) is 75.6 Å². The number of hydrogen-bond donors (Lipinski definition) is 2. The van der Waals surface area contributed by atoms with Crippen LogP contribution in [0.4, 0.5) is 0 Å². The largest absolute Gasteiger partial charge is 0.481 e. The molecule has 0 saturated heterocycles. The Hall–Kier alpha value is -1.46. The molecule has 116 valence electrons. The average molecular weight is 334 g/mol. The third kappa shape index (κ3) is 5.81. The number of para-hydroxylation sites is 1. The van der Waals surface area contributed by atoms with Crippen molar-refractivity contribution in [3.05, 3.63) is 28.2 Å². The van der Waals surface area contributed by atoms with Crippen molar-refractivity contribution in [3.63, 3.8) is 0 Å². The van der Waals surface area contributed by atoms with Crippen molar-refractivity contribution in [2.24, 2.45) is 5.92 Å². The molecule has 0 saturated carbocycles. The van der Waals surface area contributed by atoms with Crippen molar-refractivity contribution in [2.45, 2.75) is 26.3 Å². The molecule has 0 aliphatic rings. The zero-order chi connectivity index (χ0) is 16.0. The van der Waals surface area contributed by atoms with Crippen LogP contribution in [-0.4, -0.2) is 29.6 Å².